The number of hydrogen-bond acceptors (Lipinski definition) is 2. The fourth-order valence-electron chi connectivity index (χ4n) is 2.79. The van der Waals surface area contributed by atoms with Crippen LogP contribution >= 0.6 is 0 Å². The quantitative estimate of drug-likeness (QED) is 0.881. The predicted molar refractivity (Wildman–Crippen MR) is 86.4 cm³/mol. The molecule has 5 heteroatoms. The highest BCUT2D eigenvalue weighted by molar-refractivity contribution is 5.79. The summed E-state index contributed by atoms with van der Waals surface area (Å²) in [5.41, 5.74) is 1.00. The van der Waals surface area contributed by atoms with Gasteiger partial charge >= 0.3 is 6.03 Å². The Balaban J connectivity index is 2.27. The molecule has 0 saturated carbocycles. The van der Waals surface area contributed by atoms with Crippen molar-refractivity contribution in [1.82, 2.24) is 15.5 Å². The van der Waals surface area contributed by atoms with E-state index in [0.29, 0.717) is 19.5 Å². The number of carbonyl (C=O) groups is 2. The maximum absolute atomic E-state index is 12.4. The molecule has 1 unspecified atom stereocenters. The minimum absolute atomic E-state index is 0.00468. The molecule has 1 aromatic carbocycles. The van der Waals surface area contributed by atoms with Crippen molar-refractivity contribution in [2.45, 2.75) is 38.6 Å². The number of hydrogen-bond donors (Lipinski definition) is 2. The van der Waals surface area contributed by atoms with Gasteiger partial charge in [-0.3, -0.25) is 4.79 Å². The van der Waals surface area contributed by atoms with Crippen LogP contribution in [0.5, 0.6) is 0 Å². The second-order valence-corrected chi connectivity index (χ2v) is 5.57. The molecule has 1 fully saturated rings. The summed E-state index contributed by atoms with van der Waals surface area (Å²) in [6.07, 6.45) is 3.24. The van der Waals surface area contributed by atoms with Crippen molar-refractivity contribution < 1.29 is 9.59 Å². The van der Waals surface area contributed by atoms with Gasteiger partial charge in [-0.25, -0.2) is 4.79 Å². The number of urea groups is 1. The molecule has 2 rings (SSSR count). The minimum Gasteiger partial charge on any atom is -0.356 e. The molecule has 2 N–H and O–H groups in total. The highest BCUT2D eigenvalue weighted by Crippen LogP contribution is 2.25. The Hall–Kier alpha value is -2.04. The minimum atomic E-state index is -0.217. The number of benzene rings is 1. The van der Waals surface area contributed by atoms with Crippen LogP contribution in [0.25, 0.3) is 0 Å². The fraction of sp³-hybridized carbons (Fsp3) is 0.529. The Morgan fingerprint density at radius 1 is 1.27 bits per heavy atom. The Kier molecular flexibility index (Phi) is 6.25. The average Bonchev–Trinajstić information content (AvgIpc) is 2.54. The second kappa shape index (κ2) is 8.41. The van der Waals surface area contributed by atoms with Gasteiger partial charge in [-0.1, -0.05) is 30.3 Å². The molecule has 1 aromatic rings. The first-order valence-corrected chi connectivity index (χ1v) is 8.08. The molecule has 1 saturated heterocycles. The zero-order valence-corrected chi connectivity index (χ0v) is 13.2. The van der Waals surface area contributed by atoms with E-state index in [4.69, 9.17) is 0 Å². The third-order valence-corrected chi connectivity index (χ3v) is 3.93. The number of nitrogens with zero attached hydrogens (tertiary/aromatic N) is 1. The van der Waals surface area contributed by atoms with E-state index in [-0.39, 0.29) is 18.0 Å². The highest BCUT2D eigenvalue weighted by atomic mass is 16.2. The molecule has 0 radical (unpaired) electrons. The lowest BCUT2D eigenvalue weighted by Gasteiger charge is -2.32. The van der Waals surface area contributed by atoms with Crippen molar-refractivity contribution in [2.75, 3.05) is 19.6 Å². The Morgan fingerprint density at radius 2 is 2.05 bits per heavy atom. The van der Waals surface area contributed by atoms with Crippen molar-refractivity contribution in [2.24, 2.45) is 0 Å². The summed E-state index contributed by atoms with van der Waals surface area (Å²) in [4.78, 5) is 26.4. The molecule has 0 aliphatic carbocycles. The van der Waals surface area contributed by atoms with E-state index in [0.717, 1.165) is 31.4 Å². The van der Waals surface area contributed by atoms with E-state index in [9.17, 15) is 9.59 Å². The van der Waals surface area contributed by atoms with E-state index in [1.54, 1.807) is 0 Å². The molecule has 3 amide bonds. The van der Waals surface area contributed by atoms with E-state index < -0.39 is 0 Å². The molecule has 1 heterocycles. The van der Waals surface area contributed by atoms with Gasteiger partial charge in [0.05, 0.1) is 12.5 Å². The van der Waals surface area contributed by atoms with Crippen LogP contribution in [-0.2, 0) is 4.79 Å². The first-order valence-electron chi connectivity index (χ1n) is 8.08. The van der Waals surface area contributed by atoms with Gasteiger partial charge in [-0.15, -0.1) is 0 Å². The van der Waals surface area contributed by atoms with E-state index >= 15 is 0 Å². The summed E-state index contributed by atoms with van der Waals surface area (Å²) in [5.74, 6) is 0.00468. The highest BCUT2D eigenvalue weighted by Gasteiger charge is 2.27. The van der Waals surface area contributed by atoms with Gasteiger partial charge in [-0.05, 0) is 31.7 Å². The summed E-state index contributed by atoms with van der Waals surface area (Å²) in [5, 5.41) is 5.82. The van der Waals surface area contributed by atoms with Gasteiger partial charge in [0.25, 0.3) is 0 Å². The summed E-state index contributed by atoms with van der Waals surface area (Å²) in [7, 11) is 0. The Labute approximate surface area is 132 Å². The van der Waals surface area contributed by atoms with Crippen molar-refractivity contribution in [3.63, 3.8) is 0 Å². The average molecular weight is 303 g/mol. The van der Waals surface area contributed by atoms with Crippen LogP contribution < -0.4 is 10.6 Å². The van der Waals surface area contributed by atoms with Gasteiger partial charge in [0.15, 0.2) is 0 Å². The maximum Gasteiger partial charge on any atom is 0.317 e. The van der Waals surface area contributed by atoms with Crippen LogP contribution in [-0.4, -0.2) is 36.5 Å². The van der Waals surface area contributed by atoms with Crippen LogP contribution in [0.3, 0.4) is 0 Å². The standard InChI is InChI=1S/C17H25N3O2/c1-2-18-17(22)20-12-8-4-7-11-19-16(21)13-15(20)14-9-5-3-6-10-14/h3,5-6,9-10,15H,2,4,7-8,11-13H2,1H3,(H,18,22)(H,19,21). The molecular formula is C17H25N3O2. The summed E-state index contributed by atoms with van der Waals surface area (Å²) in [6.45, 7) is 3.90. The van der Waals surface area contributed by atoms with Crippen molar-refractivity contribution in [3.05, 3.63) is 35.9 Å². The fourth-order valence-corrected chi connectivity index (χ4v) is 2.79. The normalized spacial score (nSPS) is 20.1. The largest absolute Gasteiger partial charge is 0.356 e. The summed E-state index contributed by atoms with van der Waals surface area (Å²) >= 11 is 0. The first kappa shape index (κ1) is 16.3. The van der Waals surface area contributed by atoms with Gasteiger partial charge < -0.3 is 15.5 Å². The molecule has 120 valence electrons. The van der Waals surface area contributed by atoms with Crippen molar-refractivity contribution in [3.8, 4) is 0 Å². The van der Waals surface area contributed by atoms with Crippen LogP contribution in [0.4, 0.5) is 4.79 Å². The van der Waals surface area contributed by atoms with Crippen LogP contribution in [0.2, 0.25) is 0 Å². The van der Waals surface area contributed by atoms with Gasteiger partial charge in [0.1, 0.15) is 0 Å². The third kappa shape index (κ3) is 4.48. The molecular weight excluding hydrogens is 278 g/mol. The van der Waals surface area contributed by atoms with Gasteiger partial charge in [0.2, 0.25) is 5.91 Å². The zero-order valence-electron chi connectivity index (χ0n) is 13.2. The van der Waals surface area contributed by atoms with E-state index in [2.05, 4.69) is 10.6 Å². The molecule has 1 aliphatic heterocycles. The number of rotatable bonds is 2. The maximum atomic E-state index is 12.4. The monoisotopic (exact) mass is 303 g/mol. The zero-order chi connectivity index (χ0) is 15.8. The van der Waals surface area contributed by atoms with Crippen LogP contribution in [0.15, 0.2) is 30.3 Å². The number of amides is 3. The smallest absolute Gasteiger partial charge is 0.317 e. The van der Waals surface area contributed by atoms with Crippen LogP contribution in [0.1, 0.15) is 44.2 Å². The lowest BCUT2D eigenvalue weighted by molar-refractivity contribution is -0.122. The lowest BCUT2D eigenvalue weighted by atomic mass is 10.0. The van der Waals surface area contributed by atoms with Crippen molar-refractivity contribution in [1.29, 1.82) is 0 Å². The number of carbonyl (C=O) groups excluding carboxylic acids is 2. The molecule has 22 heavy (non-hydrogen) atoms. The molecule has 0 aromatic heterocycles. The van der Waals surface area contributed by atoms with E-state index in [1.807, 2.05) is 42.2 Å². The summed E-state index contributed by atoms with van der Waals surface area (Å²) in [6, 6.07) is 9.49. The molecule has 0 bridgehead atoms. The molecule has 5 nitrogen and oxygen atoms in total. The number of nitrogens with one attached hydrogen (secondary N) is 2. The van der Waals surface area contributed by atoms with Crippen molar-refractivity contribution >= 4 is 11.9 Å². The third-order valence-electron chi connectivity index (χ3n) is 3.93. The Morgan fingerprint density at radius 3 is 2.77 bits per heavy atom. The Bertz CT molecular complexity index is 490. The molecule has 1 atom stereocenters. The predicted octanol–water partition coefficient (Wildman–Crippen LogP) is 2.45. The first-order chi connectivity index (χ1) is 10.7. The van der Waals surface area contributed by atoms with Crippen LogP contribution in [0, 0.1) is 0 Å². The molecule has 1 aliphatic rings. The topological polar surface area (TPSA) is 61.4 Å². The van der Waals surface area contributed by atoms with E-state index in [1.165, 1.54) is 0 Å². The lowest BCUT2D eigenvalue weighted by Crippen LogP contribution is -2.44. The van der Waals surface area contributed by atoms with Gasteiger partial charge in [-0.2, -0.15) is 0 Å². The van der Waals surface area contributed by atoms with Gasteiger partial charge in [0, 0.05) is 19.6 Å². The molecule has 0 spiro atoms. The second-order valence-electron chi connectivity index (χ2n) is 5.57. The summed E-state index contributed by atoms with van der Waals surface area (Å²) < 4.78 is 0. The SMILES string of the molecule is CCNC(=O)N1CCCCCNC(=O)CC1c1ccccc1.